The first-order valence-corrected chi connectivity index (χ1v) is 14.1. The minimum Gasteiger partial charge on any atom is -0.371 e. The van der Waals surface area contributed by atoms with Gasteiger partial charge in [-0.05, 0) is 96.6 Å². The highest BCUT2D eigenvalue weighted by atomic mass is 19.4. The van der Waals surface area contributed by atoms with E-state index in [-0.39, 0.29) is 36.6 Å². The van der Waals surface area contributed by atoms with Gasteiger partial charge in [0.15, 0.2) is 0 Å². The molecular weight excluding hydrogens is 546 g/mol. The largest absolute Gasteiger partial charge is 0.416 e. The predicted molar refractivity (Wildman–Crippen MR) is 144 cm³/mol. The summed E-state index contributed by atoms with van der Waals surface area (Å²) in [6, 6.07) is 6.03. The van der Waals surface area contributed by atoms with Gasteiger partial charge in [-0.1, -0.05) is 18.9 Å². The molecule has 5 nitrogen and oxygen atoms in total. The van der Waals surface area contributed by atoms with Crippen molar-refractivity contribution in [1.29, 1.82) is 0 Å². The summed E-state index contributed by atoms with van der Waals surface area (Å²) in [5.74, 6) is 0.951. The van der Waals surface area contributed by atoms with Crippen LogP contribution in [0.25, 0.3) is 0 Å². The Kier molecular flexibility index (Phi) is 8.25. The quantitative estimate of drug-likeness (QED) is 0.239. The first-order valence-electron chi connectivity index (χ1n) is 14.1. The number of anilines is 2. The fraction of sp³-hybridized carbons (Fsp3) is 0.533. The summed E-state index contributed by atoms with van der Waals surface area (Å²) >= 11 is 0. The lowest BCUT2D eigenvalue weighted by atomic mass is 10.0. The number of hydrogen-bond acceptors (Lipinski definition) is 5. The lowest BCUT2D eigenvalue weighted by Crippen LogP contribution is -2.31. The molecule has 0 atom stereocenters. The SMILES string of the molecule is CCN(CC1CCCC1)c1cc2c(cc1CN(Cc1cc(C(F)(F)F)cc(C(F)(F)F)c1)c1noc(C)n1)CCC2. The van der Waals surface area contributed by atoms with E-state index in [4.69, 9.17) is 4.52 Å². The van der Waals surface area contributed by atoms with Crippen molar-refractivity contribution >= 4 is 11.6 Å². The fourth-order valence-corrected chi connectivity index (χ4v) is 6.14. The van der Waals surface area contributed by atoms with Gasteiger partial charge in [-0.3, -0.25) is 0 Å². The highest BCUT2D eigenvalue weighted by Gasteiger charge is 2.37. The van der Waals surface area contributed by atoms with Crippen LogP contribution in [0, 0.1) is 12.8 Å². The number of hydrogen-bond donors (Lipinski definition) is 0. The van der Waals surface area contributed by atoms with Gasteiger partial charge in [-0.2, -0.15) is 31.3 Å². The van der Waals surface area contributed by atoms with Gasteiger partial charge in [0.1, 0.15) is 0 Å². The number of aryl methyl sites for hydroxylation is 3. The molecule has 222 valence electrons. The number of rotatable bonds is 9. The second kappa shape index (κ2) is 11.6. The van der Waals surface area contributed by atoms with Crippen LogP contribution in [0.4, 0.5) is 38.0 Å². The van der Waals surface area contributed by atoms with Crippen LogP contribution in [-0.2, 0) is 38.3 Å². The maximum absolute atomic E-state index is 13.6. The maximum Gasteiger partial charge on any atom is 0.416 e. The van der Waals surface area contributed by atoms with Crippen LogP contribution < -0.4 is 9.80 Å². The minimum atomic E-state index is -4.93. The molecule has 1 fully saturated rings. The van der Waals surface area contributed by atoms with Crippen LogP contribution in [0.3, 0.4) is 0 Å². The van der Waals surface area contributed by atoms with E-state index in [0.29, 0.717) is 5.92 Å². The molecule has 5 rings (SSSR count). The van der Waals surface area contributed by atoms with Crippen molar-refractivity contribution < 1.29 is 30.9 Å². The average Bonchev–Trinajstić information content (AvgIpc) is 3.67. The van der Waals surface area contributed by atoms with Crippen LogP contribution in [0.2, 0.25) is 0 Å². The van der Waals surface area contributed by atoms with Gasteiger partial charge in [0.05, 0.1) is 11.1 Å². The average molecular weight is 581 g/mol. The van der Waals surface area contributed by atoms with Crippen LogP contribution in [0.5, 0.6) is 0 Å². The van der Waals surface area contributed by atoms with Gasteiger partial charge in [0.25, 0.3) is 5.95 Å². The van der Waals surface area contributed by atoms with Gasteiger partial charge in [-0.15, -0.1) is 0 Å². The Morgan fingerprint density at radius 3 is 2.02 bits per heavy atom. The molecule has 0 unspecified atom stereocenters. The maximum atomic E-state index is 13.6. The molecule has 3 aromatic rings. The first kappa shape index (κ1) is 29.3. The van der Waals surface area contributed by atoms with Crippen molar-refractivity contribution in [3.63, 3.8) is 0 Å². The van der Waals surface area contributed by atoms with Crippen LogP contribution >= 0.6 is 0 Å². The highest BCUT2D eigenvalue weighted by Crippen LogP contribution is 2.38. The van der Waals surface area contributed by atoms with E-state index in [9.17, 15) is 26.3 Å². The zero-order chi connectivity index (χ0) is 29.4. The van der Waals surface area contributed by atoms with E-state index in [1.807, 2.05) is 0 Å². The number of fused-ring (bicyclic) bond motifs is 1. The summed E-state index contributed by atoms with van der Waals surface area (Å²) < 4.78 is 86.7. The van der Waals surface area contributed by atoms with Crippen molar-refractivity contribution in [3.8, 4) is 0 Å². The molecule has 1 heterocycles. The number of halogens is 6. The van der Waals surface area contributed by atoms with E-state index in [0.717, 1.165) is 55.7 Å². The standard InChI is InChI=1S/C30H34F6N4O/c1-3-39(16-20-7-4-5-8-20)27-14-23-10-6-9-22(23)13-24(27)18-40(28-37-19(2)41-38-28)17-21-11-25(29(31,32)33)15-26(12-21)30(34,35)36/h11-15,20H,3-10,16-18H2,1-2H3. The molecule has 0 N–H and O–H groups in total. The summed E-state index contributed by atoms with van der Waals surface area (Å²) in [6.45, 7) is 5.31. The molecule has 1 saturated carbocycles. The Bertz CT molecular complexity index is 1330. The van der Waals surface area contributed by atoms with Crippen LogP contribution in [-0.4, -0.2) is 23.2 Å². The molecule has 2 aromatic carbocycles. The summed E-state index contributed by atoms with van der Waals surface area (Å²) in [5.41, 5.74) is 1.67. The van der Waals surface area contributed by atoms with Crippen molar-refractivity contribution in [1.82, 2.24) is 10.1 Å². The first-order chi connectivity index (χ1) is 19.4. The zero-order valence-corrected chi connectivity index (χ0v) is 23.2. The topological polar surface area (TPSA) is 45.4 Å². The molecule has 0 amide bonds. The second-order valence-corrected chi connectivity index (χ2v) is 11.2. The summed E-state index contributed by atoms with van der Waals surface area (Å²) in [4.78, 5) is 8.24. The third kappa shape index (κ3) is 6.81. The van der Waals surface area contributed by atoms with Crippen molar-refractivity contribution in [2.45, 2.75) is 84.2 Å². The molecule has 2 aliphatic rings. The van der Waals surface area contributed by atoms with E-state index in [1.54, 1.807) is 11.8 Å². The minimum absolute atomic E-state index is 0.110. The van der Waals surface area contributed by atoms with Crippen molar-refractivity contribution in [3.05, 3.63) is 69.6 Å². The molecule has 0 aliphatic heterocycles. The van der Waals surface area contributed by atoms with Gasteiger partial charge in [0.2, 0.25) is 5.89 Å². The summed E-state index contributed by atoms with van der Waals surface area (Å²) in [6.07, 6.45) is -2.09. The molecule has 0 bridgehead atoms. The number of benzene rings is 2. The van der Waals surface area contributed by atoms with Gasteiger partial charge >= 0.3 is 12.4 Å². The van der Waals surface area contributed by atoms with E-state index < -0.39 is 23.5 Å². The van der Waals surface area contributed by atoms with E-state index in [1.165, 1.54) is 36.8 Å². The van der Waals surface area contributed by atoms with Crippen LogP contribution in [0.15, 0.2) is 34.9 Å². The molecule has 41 heavy (non-hydrogen) atoms. The molecule has 0 radical (unpaired) electrons. The van der Waals surface area contributed by atoms with E-state index >= 15 is 0 Å². The smallest absolute Gasteiger partial charge is 0.371 e. The van der Waals surface area contributed by atoms with Crippen molar-refractivity contribution in [2.24, 2.45) is 5.92 Å². The Morgan fingerprint density at radius 1 is 0.829 bits per heavy atom. The Morgan fingerprint density at radius 2 is 1.46 bits per heavy atom. The Labute approximate surface area is 235 Å². The number of aromatic nitrogens is 2. The van der Waals surface area contributed by atoms with Crippen molar-refractivity contribution in [2.75, 3.05) is 22.9 Å². The van der Waals surface area contributed by atoms with E-state index in [2.05, 4.69) is 34.1 Å². The summed E-state index contributed by atoms with van der Waals surface area (Å²) in [7, 11) is 0. The monoisotopic (exact) mass is 580 g/mol. The third-order valence-corrected chi connectivity index (χ3v) is 8.15. The molecule has 0 spiro atoms. The second-order valence-electron chi connectivity index (χ2n) is 11.2. The summed E-state index contributed by atoms with van der Waals surface area (Å²) in [5, 5.41) is 3.98. The Balaban J connectivity index is 1.54. The molecular formula is C30H34F6N4O. The van der Waals surface area contributed by atoms with Gasteiger partial charge < -0.3 is 14.3 Å². The lowest BCUT2D eigenvalue weighted by Gasteiger charge is -2.31. The molecule has 1 aromatic heterocycles. The number of nitrogens with zero attached hydrogens (tertiary/aromatic N) is 4. The lowest BCUT2D eigenvalue weighted by molar-refractivity contribution is -0.143. The van der Waals surface area contributed by atoms with Gasteiger partial charge in [0, 0.05) is 38.8 Å². The zero-order valence-electron chi connectivity index (χ0n) is 23.2. The predicted octanol–water partition coefficient (Wildman–Crippen LogP) is 8.13. The highest BCUT2D eigenvalue weighted by molar-refractivity contribution is 5.60. The molecule has 2 aliphatic carbocycles. The molecule has 0 saturated heterocycles. The fourth-order valence-electron chi connectivity index (χ4n) is 6.14. The van der Waals surface area contributed by atoms with Gasteiger partial charge in [-0.25, -0.2) is 0 Å². The van der Waals surface area contributed by atoms with Crippen LogP contribution in [0.1, 0.15) is 78.3 Å². The normalized spacial score (nSPS) is 15.9. The Hall–Kier alpha value is -3.24. The third-order valence-electron chi connectivity index (χ3n) is 8.15. The molecule has 11 heteroatoms. The number of alkyl halides is 6.